The van der Waals surface area contributed by atoms with Gasteiger partial charge in [0.05, 0.1) is 0 Å². The summed E-state index contributed by atoms with van der Waals surface area (Å²) in [5, 5.41) is 7.17. The third kappa shape index (κ3) is 3.50. The second-order valence-electron chi connectivity index (χ2n) is 5.63. The molecule has 2 aromatic carbocycles. The molecular formula is C19H17ClN2OS. The highest BCUT2D eigenvalue weighted by Crippen LogP contribution is 2.36. The fourth-order valence-corrected chi connectivity index (χ4v) is 3.77. The molecular weight excluding hydrogens is 340 g/mol. The third-order valence-corrected chi connectivity index (χ3v) is 5.24. The number of nitroso groups, excluding NO2 is 1. The van der Waals surface area contributed by atoms with Gasteiger partial charge in [-0.25, -0.2) is 0 Å². The summed E-state index contributed by atoms with van der Waals surface area (Å²) < 4.78 is 0. The Labute approximate surface area is 150 Å². The first-order valence-electron chi connectivity index (χ1n) is 7.59. The summed E-state index contributed by atoms with van der Waals surface area (Å²) >= 11 is 8.00. The second kappa shape index (κ2) is 7.16. The van der Waals surface area contributed by atoms with Gasteiger partial charge < -0.3 is 5.32 Å². The van der Waals surface area contributed by atoms with Crippen LogP contribution in [0.3, 0.4) is 0 Å². The molecule has 0 saturated carbocycles. The molecule has 1 unspecified atom stereocenters. The van der Waals surface area contributed by atoms with Crippen LogP contribution in [-0.2, 0) is 0 Å². The summed E-state index contributed by atoms with van der Waals surface area (Å²) in [5.41, 5.74) is 3.79. The van der Waals surface area contributed by atoms with E-state index < -0.39 is 6.04 Å². The molecule has 0 spiro atoms. The molecule has 0 aliphatic carbocycles. The van der Waals surface area contributed by atoms with E-state index >= 15 is 0 Å². The van der Waals surface area contributed by atoms with E-state index in [-0.39, 0.29) is 0 Å². The lowest BCUT2D eigenvalue weighted by Gasteiger charge is -2.13. The van der Waals surface area contributed by atoms with Crippen LogP contribution in [0.1, 0.15) is 26.9 Å². The van der Waals surface area contributed by atoms with E-state index in [1.54, 1.807) is 11.3 Å². The van der Waals surface area contributed by atoms with Gasteiger partial charge in [-0.15, -0.1) is 16.2 Å². The summed E-state index contributed by atoms with van der Waals surface area (Å²) in [7, 11) is 0. The zero-order chi connectivity index (χ0) is 17.1. The van der Waals surface area contributed by atoms with Gasteiger partial charge in [-0.2, -0.15) is 0 Å². The quantitative estimate of drug-likeness (QED) is 0.522. The van der Waals surface area contributed by atoms with Gasteiger partial charge in [0.15, 0.2) is 6.04 Å². The Bertz CT molecular complexity index is 875. The largest absolute Gasteiger partial charge is 0.355 e. The van der Waals surface area contributed by atoms with E-state index in [4.69, 9.17) is 11.6 Å². The molecule has 3 rings (SSSR count). The molecule has 0 aliphatic rings. The highest BCUT2D eigenvalue weighted by atomic mass is 35.5. The van der Waals surface area contributed by atoms with Crippen molar-refractivity contribution in [2.75, 3.05) is 5.32 Å². The summed E-state index contributed by atoms with van der Waals surface area (Å²) in [6.45, 7) is 4.05. The van der Waals surface area contributed by atoms with Crippen LogP contribution in [0.25, 0.3) is 0 Å². The number of benzene rings is 2. The van der Waals surface area contributed by atoms with Crippen molar-refractivity contribution in [3.63, 3.8) is 0 Å². The molecule has 24 heavy (non-hydrogen) atoms. The van der Waals surface area contributed by atoms with Crippen LogP contribution >= 0.6 is 22.9 Å². The molecule has 3 nitrogen and oxygen atoms in total. The van der Waals surface area contributed by atoms with Crippen molar-refractivity contribution >= 4 is 34.3 Å². The Morgan fingerprint density at radius 1 is 1.08 bits per heavy atom. The maximum atomic E-state index is 11.4. The summed E-state index contributed by atoms with van der Waals surface area (Å²) in [6.07, 6.45) is 0. The van der Waals surface area contributed by atoms with Crippen molar-refractivity contribution in [2.45, 2.75) is 19.9 Å². The van der Waals surface area contributed by atoms with Crippen LogP contribution < -0.4 is 5.32 Å². The van der Waals surface area contributed by atoms with E-state index in [1.165, 1.54) is 0 Å². The van der Waals surface area contributed by atoms with Crippen LogP contribution in [0.5, 0.6) is 0 Å². The first-order valence-corrected chi connectivity index (χ1v) is 8.79. The Morgan fingerprint density at radius 2 is 1.88 bits per heavy atom. The number of para-hydroxylation sites is 1. The van der Waals surface area contributed by atoms with Gasteiger partial charge in [-0.3, -0.25) is 0 Å². The lowest BCUT2D eigenvalue weighted by Crippen LogP contribution is -1.98. The molecule has 1 N–H and O–H groups in total. The van der Waals surface area contributed by atoms with Gasteiger partial charge >= 0.3 is 0 Å². The highest BCUT2D eigenvalue weighted by Gasteiger charge is 2.19. The van der Waals surface area contributed by atoms with Gasteiger partial charge in [0, 0.05) is 31.7 Å². The van der Waals surface area contributed by atoms with Crippen LogP contribution in [0, 0.1) is 18.8 Å². The number of anilines is 2. The SMILES string of the molecule is Cc1ccc(C(N=O)c2ccc(Nc3ccccc3C)cc2Cl)s1. The van der Waals surface area contributed by atoms with E-state index in [1.807, 2.05) is 68.4 Å². The monoisotopic (exact) mass is 356 g/mol. The lowest BCUT2D eigenvalue weighted by molar-refractivity contribution is 0.885. The smallest absolute Gasteiger partial charge is 0.152 e. The number of nitrogens with zero attached hydrogens (tertiary/aromatic N) is 1. The number of halogens is 1. The predicted octanol–water partition coefficient (Wildman–Crippen LogP) is 6.62. The van der Waals surface area contributed by atoms with Crippen molar-refractivity contribution in [3.05, 3.63) is 85.4 Å². The molecule has 0 bridgehead atoms. The number of aryl methyl sites for hydroxylation is 2. The highest BCUT2D eigenvalue weighted by molar-refractivity contribution is 7.12. The topological polar surface area (TPSA) is 41.5 Å². The van der Waals surface area contributed by atoms with Gasteiger partial charge in [-0.05, 0) is 49.7 Å². The molecule has 122 valence electrons. The van der Waals surface area contributed by atoms with Gasteiger partial charge in [0.2, 0.25) is 0 Å². The number of nitrogens with one attached hydrogen (secondary N) is 1. The van der Waals surface area contributed by atoms with E-state index in [9.17, 15) is 4.91 Å². The molecule has 1 aromatic heterocycles. The lowest BCUT2D eigenvalue weighted by atomic mass is 10.1. The Kier molecular flexibility index (Phi) is 4.97. The predicted molar refractivity (Wildman–Crippen MR) is 103 cm³/mol. The molecule has 1 heterocycles. The van der Waals surface area contributed by atoms with E-state index in [0.29, 0.717) is 5.02 Å². The Hall–Kier alpha value is -2.17. The maximum absolute atomic E-state index is 11.4. The van der Waals surface area contributed by atoms with Gasteiger partial charge in [0.25, 0.3) is 0 Å². The minimum Gasteiger partial charge on any atom is -0.355 e. The van der Waals surface area contributed by atoms with Crippen molar-refractivity contribution in [3.8, 4) is 0 Å². The summed E-state index contributed by atoms with van der Waals surface area (Å²) in [5.74, 6) is 0. The van der Waals surface area contributed by atoms with Crippen molar-refractivity contribution in [2.24, 2.45) is 5.18 Å². The number of thiophene rings is 1. The fourth-order valence-electron chi connectivity index (χ4n) is 2.56. The van der Waals surface area contributed by atoms with Crippen LogP contribution in [0.4, 0.5) is 11.4 Å². The maximum Gasteiger partial charge on any atom is 0.152 e. The normalized spacial score (nSPS) is 12.0. The average Bonchev–Trinajstić information content (AvgIpc) is 2.98. The van der Waals surface area contributed by atoms with Crippen LogP contribution in [0.15, 0.2) is 59.8 Å². The van der Waals surface area contributed by atoms with Gasteiger partial charge in [0.1, 0.15) is 0 Å². The molecule has 0 aliphatic heterocycles. The first-order chi connectivity index (χ1) is 11.6. The van der Waals surface area contributed by atoms with Crippen LogP contribution in [-0.4, -0.2) is 0 Å². The molecule has 0 amide bonds. The first kappa shape index (κ1) is 16.7. The van der Waals surface area contributed by atoms with Crippen molar-refractivity contribution < 1.29 is 0 Å². The number of hydrogen-bond donors (Lipinski definition) is 1. The standard InChI is InChI=1S/C19H17ClN2OS/c1-12-5-3-4-6-17(12)21-14-8-9-15(16(20)11-14)19(22-23)18-10-7-13(2)24-18/h3-11,19,21H,1-2H3. The average molecular weight is 357 g/mol. The number of hydrogen-bond acceptors (Lipinski definition) is 4. The molecule has 0 radical (unpaired) electrons. The van der Waals surface area contributed by atoms with Crippen molar-refractivity contribution in [1.82, 2.24) is 0 Å². The van der Waals surface area contributed by atoms with E-state index in [0.717, 1.165) is 32.3 Å². The summed E-state index contributed by atoms with van der Waals surface area (Å²) in [4.78, 5) is 13.4. The molecule has 3 aromatic rings. The minimum absolute atomic E-state index is 0.532. The Balaban J connectivity index is 1.89. The zero-order valence-electron chi connectivity index (χ0n) is 13.4. The molecule has 0 fully saturated rings. The number of rotatable bonds is 5. The second-order valence-corrected chi connectivity index (χ2v) is 7.36. The molecule has 5 heteroatoms. The third-order valence-electron chi connectivity index (χ3n) is 3.86. The zero-order valence-corrected chi connectivity index (χ0v) is 15.0. The van der Waals surface area contributed by atoms with Crippen LogP contribution in [0.2, 0.25) is 5.02 Å². The Morgan fingerprint density at radius 3 is 2.50 bits per heavy atom. The minimum atomic E-state index is -0.566. The fraction of sp³-hybridized carbons (Fsp3) is 0.158. The van der Waals surface area contributed by atoms with Crippen molar-refractivity contribution in [1.29, 1.82) is 0 Å². The molecule has 1 atom stereocenters. The van der Waals surface area contributed by atoms with E-state index in [2.05, 4.69) is 10.5 Å². The van der Waals surface area contributed by atoms with Gasteiger partial charge in [-0.1, -0.05) is 41.0 Å². The molecule has 0 saturated heterocycles. The summed E-state index contributed by atoms with van der Waals surface area (Å²) in [6, 6.07) is 17.0.